The van der Waals surface area contributed by atoms with Crippen molar-refractivity contribution in [3.63, 3.8) is 0 Å². The first-order chi connectivity index (χ1) is 19.5. The molecule has 1 atom stereocenters. The van der Waals surface area contributed by atoms with Crippen molar-refractivity contribution in [1.82, 2.24) is 14.7 Å². The lowest BCUT2D eigenvalue weighted by atomic mass is 9.99. The molecule has 0 aliphatic carbocycles. The molecule has 1 aromatic heterocycles. The Morgan fingerprint density at radius 1 is 1.00 bits per heavy atom. The van der Waals surface area contributed by atoms with Crippen LogP contribution in [0.25, 0.3) is 11.1 Å². The van der Waals surface area contributed by atoms with Crippen LogP contribution in [0.15, 0.2) is 48.7 Å². The Bertz CT molecular complexity index is 1320. The minimum absolute atomic E-state index is 0.231. The van der Waals surface area contributed by atoms with Crippen LogP contribution >= 0.6 is 11.6 Å². The van der Waals surface area contributed by atoms with E-state index in [4.69, 9.17) is 11.6 Å². The van der Waals surface area contributed by atoms with Crippen molar-refractivity contribution >= 4 is 23.0 Å². The number of alkyl halides is 4. The van der Waals surface area contributed by atoms with Gasteiger partial charge in [-0.25, -0.2) is 17.6 Å². The summed E-state index contributed by atoms with van der Waals surface area (Å²) in [6.07, 6.45) is -2.49. The van der Waals surface area contributed by atoms with Gasteiger partial charge >= 0.3 is 0 Å². The first-order valence-electron chi connectivity index (χ1n) is 13.7. The molecule has 0 spiro atoms. The average molecular weight is 596 g/mol. The number of piperazine rings is 1. The van der Waals surface area contributed by atoms with Crippen molar-refractivity contribution in [3.05, 3.63) is 64.9 Å². The highest BCUT2D eigenvalue weighted by molar-refractivity contribution is 6.31. The third kappa shape index (κ3) is 6.80. The molecule has 0 amide bonds. The van der Waals surface area contributed by atoms with Crippen LogP contribution in [-0.4, -0.2) is 76.6 Å². The molecule has 2 aromatic carbocycles. The second-order valence-corrected chi connectivity index (χ2v) is 11.3. The zero-order valence-corrected chi connectivity index (χ0v) is 23.5. The van der Waals surface area contributed by atoms with Gasteiger partial charge in [-0.1, -0.05) is 29.8 Å². The van der Waals surface area contributed by atoms with Crippen LogP contribution in [0.4, 0.5) is 28.9 Å². The van der Waals surface area contributed by atoms with Crippen LogP contribution in [0, 0.1) is 0 Å². The summed E-state index contributed by atoms with van der Waals surface area (Å²) >= 11 is 6.40. The maximum absolute atomic E-state index is 13.9. The van der Waals surface area contributed by atoms with E-state index in [-0.39, 0.29) is 18.2 Å². The molecular weight excluding hydrogens is 562 g/mol. The largest absolute Gasteiger partial charge is 0.369 e. The van der Waals surface area contributed by atoms with Gasteiger partial charge in [-0.15, -0.1) is 0 Å². The van der Waals surface area contributed by atoms with E-state index in [1.807, 2.05) is 42.5 Å². The molecule has 1 unspecified atom stereocenters. The lowest BCUT2D eigenvalue weighted by Crippen LogP contribution is -2.49. The Morgan fingerprint density at radius 2 is 1.71 bits per heavy atom. The molecule has 5 rings (SSSR count). The fourth-order valence-corrected chi connectivity index (χ4v) is 6.06. The number of benzene rings is 2. The highest BCUT2D eigenvalue weighted by Crippen LogP contribution is 2.38. The van der Waals surface area contributed by atoms with Crippen LogP contribution in [0.5, 0.6) is 0 Å². The Kier molecular flexibility index (Phi) is 8.79. The van der Waals surface area contributed by atoms with Crippen LogP contribution in [0.1, 0.15) is 49.8 Å². The van der Waals surface area contributed by atoms with Gasteiger partial charge in [0.1, 0.15) is 5.69 Å². The standard InChI is InChI=1S/C29H34ClF4N5O2/c1-29(33,34)18-36-11-13-37(14-12-36)21-7-4-19(5-8-21)23-9-6-20(30)15-25(23)38-10-2-3-22(17-38)39-26(27(31)32)24(16-35-39)28(40)41/h4-9,15-16,22,27-28,40-41H,2-3,10-14,17-18H2,1H3. The van der Waals surface area contributed by atoms with Gasteiger partial charge in [-0.05, 0) is 42.7 Å². The lowest BCUT2D eigenvalue weighted by molar-refractivity contribution is -0.0454. The number of rotatable bonds is 8. The van der Waals surface area contributed by atoms with E-state index in [1.54, 1.807) is 4.90 Å². The van der Waals surface area contributed by atoms with Crippen LogP contribution in [0.2, 0.25) is 5.02 Å². The molecule has 0 saturated carbocycles. The van der Waals surface area contributed by atoms with E-state index >= 15 is 0 Å². The number of piperidine rings is 1. The number of aromatic nitrogens is 2. The van der Waals surface area contributed by atoms with E-state index < -0.39 is 24.3 Å². The molecule has 2 N–H and O–H groups in total. The molecule has 7 nitrogen and oxygen atoms in total. The number of nitrogens with zero attached hydrogens (tertiary/aromatic N) is 5. The van der Waals surface area contributed by atoms with E-state index in [9.17, 15) is 27.8 Å². The van der Waals surface area contributed by atoms with Crippen LogP contribution in [0.3, 0.4) is 0 Å². The lowest BCUT2D eigenvalue weighted by Gasteiger charge is -2.37. The Balaban J connectivity index is 1.34. The van der Waals surface area contributed by atoms with Crippen molar-refractivity contribution in [2.45, 2.75) is 44.4 Å². The number of halogens is 5. The third-order valence-corrected chi connectivity index (χ3v) is 8.04. The zero-order chi connectivity index (χ0) is 29.3. The van der Waals surface area contributed by atoms with E-state index in [0.29, 0.717) is 50.7 Å². The highest BCUT2D eigenvalue weighted by atomic mass is 35.5. The summed E-state index contributed by atoms with van der Waals surface area (Å²) < 4.78 is 55.8. The second kappa shape index (κ2) is 12.2. The number of aliphatic hydroxyl groups is 2. The first kappa shape index (κ1) is 29.6. The summed E-state index contributed by atoms with van der Waals surface area (Å²) in [7, 11) is 0. The van der Waals surface area contributed by atoms with Gasteiger partial charge in [0.25, 0.3) is 12.3 Å². The number of anilines is 2. The van der Waals surface area contributed by atoms with E-state index in [1.165, 1.54) is 4.68 Å². The fourth-order valence-electron chi connectivity index (χ4n) is 5.89. The highest BCUT2D eigenvalue weighted by Gasteiger charge is 2.31. The van der Waals surface area contributed by atoms with E-state index in [2.05, 4.69) is 14.9 Å². The molecule has 2 aliphatic rings. The maximum atomic E-state index is 13.9. The molecule has 2 fully saturated rings. The van der Waals surface area contributed by atoms with Gasteiger partial charge in [0.15, 0.2) is 6.29 Å². The van der Waals surface area contributed by atoms with Gasteiger partial charge in [-0.3, -0.25) is 9.58 Å². The summed E-state index contributed by atoms with van der Waals surface area (Å²) in [5.74, 6) is -2.71. The van der Waals surface area contributed by atoms with Crippen LogP contribution < -0.4 is 9.80 Å². The molecule has 2 saturated heterocycles. The number of aliphatic hydroxyl groups excluding tert-OH is 1. The first-order valence-corrected chi connectivity index (χ1v) is 14.1. The number of hydrogen-bond donors (Lipinski definition) is 2. The molecule has 12 heteroatoms. The third-order valence-electron chi connectivity index (χ3n) is 7.81. The normalized spacial score (nSPS) is 19.0. The van der Waals surface area contributed by atoms with Gasteiger partial charge < -0.3 is 20.0 Å². The van der Waals surface area contributed by atoms with Gasteiger partial charge in [-0.2, -0.15) is 5.10 Å². The van der Waals surface area contributed by atoms with Crippen molar-refractivity contribution in [2.75, 3.05) is 55.6 Å². The summed E-state index contributed by atoms with van der Waals surface area (Å²) in [5.41, 5.74) is 3.04. The molecule has 2 aliphatic heterocycles. The zero-order valence-electron chi connectivity index (χ0n) is 22.7. The maximum Gasteiger partial charge on any atom is 0.280 e. The van der Waals surface area contributed by atoms with Gasteiger partial charge in [0.2, 0.25) is 0 Å². The second-order valence-electron chi connectivity index (χ2n) is 10.9. The topological polar surface area (TPSA) is 68.0 Å². The molecule has 222 valence electrons. The van der Waals surface area contributed by atoms with Crippen molar-refractivity contribution in [3.8, 4) is 11.1 Å². The average Bonchev–Trinajstić information content (AvgIpc) is 3.39. The Morgan fingerprint density at radius 3 is 2.34 bits per heavy atom. The van der Waals surface area contributed by atoms with E-state index in [0.717, 1.165) is 42.0 Å². The smallest absolute Gasteiger partial charge is 0.280 e. The predicted octanol–water partition coefficient (Wildman–Crippen LogP) is 5.74. The Labute approximate surface area is 241 Å². The summed E-state index contributed by atoms with van der Waals surface area (Å²) in [4.78, 5) is 6.09. The monoisotopic (exact) mass is 595 g/mol. The summed E-state index contributed by atoms with van der Waals surface area (Å²) in [6, 6.07) is 13.3. The number of hydrogen-bond acceptors (Lipinski definition) is 6. The molecule has 41 heavy (non-hydrogen) atoms. The summed E-state index contributed by atoms with van der Waals surface area (Å²) in [5, 5.41) is 23.8. The SMILES string of the molecule is CC(F)(F)CN1CCN(c2ccc(-c3ccc(Cl)cc3N3CCCC(n4ncc(C(O)O)c4C(F)F)C3)cc2)CC1. The molecule has 0 radical (unpaired) electrons. The molecule has 0 bridgehead atoms. The van der Waals surface area contributed by atoms with Crippen LogP contribution in [-0.2, 0) is 0 Å². The molecule has 3 aromatic rings. The van der Waals surface area contributed by atoms with Gasteiger partial charge in [0.05, 0.1) is 24.3 Å². The quantitative estimate of drug-likeness (QED) is 0.256. The molecule has 3 heterocycles. The predicted molar refractivity (Wildman–Crippen MR) is 151 cm³/mol. The minimum Gasteiger partial charge on any atom is -0.369 e. The minimum atomic E-state index is -2.90. The van der Waals surface area contributed by atoms with Crippen molar-refractivity contribution < 1.29 is 27.8 Å². The van der Waals surface area contributed by atoms with Crippen molar-refractivity contribution in [1.29, 1.82) is 0 Å². The summed E-state index contributed by atoms with van der Waals surface area (Å²) in [6.45, 7) is 4.29. The van der Waals surface area contributed by atoms with Gasteiger partial charge in [0, 0.05) is 68.2 Å². The molecular formula is C29H34ClF4N5O2. The fraction of sp³-hybridized carbons (Fsp3) is 0.483. The van der Waals surface area contributed by atoms with Crippen molar-refractivity contribution in [2.24, 2.45) is 0 Å². The Hall–Kier alpha value is -2.86.